The van der Waals surface area contributed by atoms with Crippen LogP contribution in [0.5, 0.6) is 0 Å². The van der Waals surface area contributed by atoms with Crippen LogP contribution in [0.3, 0.4) is 0 Å². The molecule has 0 saturated heterocycles. The van der Waals surface area contributed by atoms with Crippen LogP contribution in [-0.4, -0.2) is 16.6 Å². The van der Waals surface area contributed by atoms with Crippen LogP contribution in [0.2, 0.25) is 0 Å². The summed E-state index contributed by atoms with van der Waals surface area (Å²) in [7, 11) is 0. The van der Waals surface area contributed by atoms with Crippen LogP contribution in [0.15, 0.2) is 47.7 Å². The van der Waals surface area contributed by atoms with Crippen molar-refractivity contribution in [3.8, 4) is 0 Å². The van der Waals surface area contributed by atoms with Crippen molar-refractivity contribution < 1.29 is 9.60 Å². The Balaban J connectivity index is 2.69. The van der Waals surface area contributed by atoms with Gasteiger partial charge in [-0.25, -0.2) is 4.39 Å². The number of hydrogen-bond donors (Lipinski definition) is 2. The van der Waals surface area contributed by atoms with E-state index in [0.29, 0.717) is 35.3 Å². The standard InChI is InChI=1S/C14H13FN2O/c1-2-4-11-13(16)8-7-9-10(14(11)17-18)5-3-6-12(9)15/h2-6,16,18H,1,7-8H2/b11-4+,16-13?,17-14+. The predicted octanol–water partition coefficient (Wildman–Crippen LogP) is 3.08. The smallest absolute Gasteiger partial charge is 0.127 e. The van der Waals surface area contributed by atoms with Crippen molar-refractivity contribution in [1.82, 2.24) is 0 Å². The Bertz CT molecular complexity index is 573. The van der Waals surface area contributed by atoms with Gasteiger partial charge in [-0.2, -0.15) is 0 Å². The van der Waals surface area contributed by atoms with Crippen molar-refractivity contribution in [2.24, 2.45) is 5.16 Å². The van der Waals surface area contributed by atoms with E-state index >= 15 is 0 Å². The minimum atomic E-state index is -0.332. The highest BCUT2D eigenvalue weighted by atomic mass is 19.1. The van der Waals surface area contributed by atoms with Gasteiger partial charge in [0.15, 0.2) is 0 Å². The highest BCUT2D eigenvalue weighted by molar-refractivity contribution is 6.30. The predicted molar refractivity (Wildman–Crippen MR) is 69.1 cm³/mol. The van der Waals surface area contributed by atoms with Crippen LogP contribution in [0, 0.1) is 11.2 Å². The highest BCUT2D eigenvalue weighted by Crippen LogP contribution is 2.25. The van der Waals surface area contributed by atoms with Gasteiger partial charge in [0, 0.05) is 16.8 Å². The molecule has 1 aliphatic carbocycles. The van der Waals surface area contributed by atoms with Gasteiger partial charge in [-0.05, 0) is 24.5 Å². The van der Waals surface area contributed by atoms with E-state index in [-0.39, 0.29) is 11.5 Å². The molecule has 0 bridgehead atoms. The summed E-state index contributed by atoms with van der Waals surface area (Å²) in [5, 5.41) is 20.3. The molecule has 92 valence electrons. The van der Waals surface area contributed by atoms with Crippen LogP contribution >= 0.6 is 0 Å². The van der Waals surface area contributed by atoms with Crippen LogP contribution in [0.1, 0.15) is 17.5 Å². The van der Waals surface area contributed by atoms with Gasteiger partial charge in [0.25, 0.3) is 0 Å². The Morgan fingerprint density at radius 3 is 2.83 bits per heavy atom. The first-order valence-electron chi connectivity index (χ1n) is 5.59. The molecule has 0 unspecified atom stereocenters. The second kappa shape index (κ2) is 4.96. The first kappa shape index (κ1) is 12.2. The summed E-state index contributed by atoms with van der Waals surface area (Å²) in [4.78, 5) is 0. The summed E-state index contributed by atoms with van der Waals surface area (Å²) in [6.07, 6.45) is 3.97. The molecule has 2 N–H and O–H groups in total. The number of allylic oxidation sites excluding steroid dienone is 3. The summed E-state index contributed by atoms with van der Waals surface area (Å²) >= 11 is 0. The summed E-state index contributed by atoms with van der Waals surface area (Å²) in [5.74, 6) is -0.332. The van der Waals surface area contributed by atoms with E-state index in [4.69, 9.17) is 10.6 Å². The lowest BCUT2D eigenvalue weighted by Gasteiger charge is -2.08. The Kier molecular flexibility index (Phi) is 3.37. The first-order valence-corrected chi connectivity index (χ1v) is 5.59. The van der Waals surface area contributed by atoms with E-state index in [2.05, 4.69) is 11.7 Å². The van der Waals surface area contributed by atoms with Gasteiger partial charge in [-0.15, -0.1) is 0 Å². The zero-order chi connectivity index (χ0) is 13.1. The maximum Gasteiger partial charge on any atom is 0.127 e. The molecule has 3 nitrogen and oxygen atoms in total. The van der Waals surface area contributed by atoms with Gasteiger partial charge < -0.3 is 10.6 Å². The number of benzene rings is 1. The van der Waals surface area contributed by atoms with Crippen molar-refractivity contribution in [3.63, 3.8) is 0 Å². The molecule has 0 atom stereocenters. The maximum absolute atomic E-state index is 13.8. The number of nitrogens with zero attached hydrogens (tertiary/aromatic N) is 1. The number of oxime groups is 1. The van der Waals surface area contributed by atoms with Gasteiger partial charge in [0.05, 0.1) is 0 Å². The average Bonchev–Trinajstić information content (AvgIpc) is 2.49. The molecule has 0 saturated carbocycles. The Labute approximate surface area is 104 Å². The molecule has 0 aromatic heterocycles. The van der Waals surface area contributed by atoms with Gasteiger partial charge >= 0.3 is 0 Å². The fourth-order valence-corrected chi connectivity index (χ4v) is 2.11. The zero-order valence-corrected chi connectivity index (χ0v) is 9.78. The van der Waals surface area contributed by atoms with Gasteiger partial charge in [-0.3, -0.25) is 0 Å². The molecule has 4 heteroatoms. The molecule has 0 amide bonds. The fourth-order valence-electron chi connectivity index (χ4n) is 2.11. The Morgan fingerprint density at radius 1 is 1.39 bits per heavy atom. The number of rotatable bonds is 1. The number of nitrogens with one attached hydrogen (secondary N) is 1. The van der Waals surface area contributed by atoms with Crippen molar-refractivity contribution in [2.75, 3.05) is 0 Å². The molecule has 1 aliphatic rings. The van der Waals surface area contributed by atoms with Crippen LogP contribution < -0.4 is 0 Å². The van der Waals surface area contributed by atoms with Crippen molar-refractivity contribution in [1.29, 1.82) is 5.41 Å². The lowest BCUT2D eigenvalue weighted by molar-refractivity contribution is 0.319. The maximum atomic E-state index is 13.8. The van der Waals surface area contributed by atoms with Crippen LogP contribution in [0.4, 0.5) is 4.39 Å². The van der Waals surface area contributed by atoms with E-state index in [1.54, 1.807) is 18.2 Å². The second-order valence-electron chi connectivity index (χ2n) is 4.01. The topological polar surface area (TPSA) is 56.4 Å². The third kappa shape index (κ3) is 1.97. The third-order valence-electron chi connectivity index (χ3n) is 2.96. The molecule has 0 spiro atoms. The van der Waals surface area contributed by atoms with Gasteiger partial charge in [0.2, 0.25) is 0 Å². The largest absolute Gasteiger partial charge is 0.410 e. The normalized spacial score (nSPS) is 19.7. The molecule has 1 aromatic carbocycles. The van der Waals surface area contributed by atoms with E-state index in [0.717, 1.165) is 0 Å². The summed E-state index contributed by atoms with van der Waals surface area (Å²) in [6.45, 7) is 3.58. The average molecular weight is 244 g/mol. The number of hydrogen-bond acceptors (Lipinski definition) is 3. The van der Waals surface area contributed by atoms with E-state index < -0.39 is 0 Å². The van der Waals surface area contributed by atoms with E-state index in [9.17, 15) is 4.39 Å². The second-order valence-corrected chi connectivity index (χ2v) is 4.01. The third-order valence-corrected chi connectivity index (χ3v) is 2.96. The number of halogens is 1. The monoisotopic (exact) mass is 244 g/mol. The zero-order valence-electron chi connectivity index (χ0n) is 9.78. The fraction of sp³-hybridized carbons (Fsp3) is 0.143. The molecule has 0 heterocycles. The highest BCUT2D eigenvalue weighted by Gasteiger charge is 2.24. The van der Waals surface area contributed by atoms with E-state index in [1.807, 2.05) is 0 Å². The van der Waals surface area contributed by atoms with Crippen molar-refractivity contribution in [2.45, 2.75) is 12.8 Å². The van der Waals surface area contributed by atoms with Crippen molar-refractivity contribution in [3.05, 3.63) is 59.4 Å². The molecule has 18 heavy (non-hydrogen) atoms. The number of fused-ring (bicyclic) bond motifs is 1. The summed E-state index contributed by atoms with van der Waals surface area (Å²) < 4.78 is 13.8. The molecule has 2 rings (SSSR count). The van der Waals surface area contributed by atoms with Crippen LogP contribution in [0.25, 0.3) is 0 Å². The minimum absolute atomic E-state index is 0.229. The van der Waals surface area contributed by atoms with Gasteiger partial charge in [-0.1, -0.05) is 36.0 Å². The molecule has 1 aromatic rings. The van der Waals surface area contributed by atoms with Crippen LogP contribution in [-0.2, 0) is 6.42 Å². The molecule has 0 radical (unpaired) electrons. The summed E-state index contributed by atoms with van der Waals surface area (Å²) in [6, 6.07) is 4.64. The molecular formula is C14H13FN2O. The molecule has 0 fully saturated rings. The minimum Gasteiger partial charge on any atom is -0.410 e. The first-order chi connectivity index (χ1) is 8.69. The lowest BCUT2D eigenvalue weighted by atomic mass is 9.98. The molecular weight excluding hydrogens is 231 g/mol. The SMILES string of the molecule is C=C/C=C1\C(=N)CCc2c(F)cccc2\C1=N/O. The van der Waals surface area contributed by atoms with Gasteiger partial charge in [0.1, 0.15) is 11.5 Å². The lowest BCUT2D eigenvalue weighted by Crippen LogP contribution is -2.11. The Hall–Kier alpha value is -2.23. The quantitative estimate of drug-likeness (QED) is 0.445. The molecule has 0 aliphatic heterocycles. The Morgan fingerprint density at radius 2 is 2.17 bits per heavy atom. The summed E-state index contributed by atoms with van der Waals surface area (Å²) in [5.41, 5.74) is 2.05. The van der Waals surface area contributed by atoms with E-state index in [1.165, 1.54) is 12.1 Å². The van der Waals surface area contributed by atoms with Crippen molar-refractivity contribution >= 4 is 11.4 Å².